The second-order valence-electron chi connectivity index (χ2n) is 3.76. The van der Waals surface area contributed by atoms with Gasteiger partial charge in [0.1, 0.15) is 12.1 Å². The zero-order chi connectivity index (χ0) is 14.5. The maximum atomic E-state index is 8.96. The largest absolute Gasteiger partial charge is 0.392 e. The number of nitrogens with one attached hydrogen (secondary N) is 1. The number of aliphatic hydroxyl groups is 1. The van der Waals surface area contributed by atoms with Gasteiger partial charge in [-0.15, -0.1) is 0 Å². The third-order valence-electron chi connectivity index (χ3n) is 2.46. The Hall–Kier alpha value is -2.67. The van der Waals surface area contributed by atoms with E-state index in [1.165, 1.54) is 0 Å². The van der Waals surface area contributed by atoms with E-state index in [0.717, 1.165) is 5.56 Å². The Balaban J connectivity index is 2.34. The first-order chi connectivity index (χ1) is 9.67. The Labute approximate surface area is 119 Å². The minimum Gasteiger partial charge on any atom is -0.392 e. The monoisotopic (exact) mass is 285 g/mol. The van der Waals surface area contributed by atoms with Crippen molar-refractivity contribution in [3.8, 4) is 12.1 Å². The number of nitrogens with zero attached hydrogens (tertiary/aromatic N) is 4. The lowest BCUT2D eigenvalue weighted by atomic mass is 10.2. The molecule has 0 spiro atoms. The summed E-state index contributed by atoms with van der Waals surface area (Å²) in [5, 5.41) is 29.6. The van der Waals surface area contributed by atoms with Gasteiger partial charge in [-0.2, -0.15) is 10.5 Å². The van der Waals surface area contributed by atoms with Crippen LogP contribution in [0.5, 0.6) is 0 Å². The molecule has 6 nitrogen and oxygen atoms in total. The summed E-state index contributed by atoms with van der Waals surface area (Å²) in [6, 6.07) is 10.5. The lowest BCUT2D eigenvalue weighted by Crippen LogP contribution is -2.02. The molecule has 1 aromatic carbocycles. The molecule has 0 atom stereocenters. The van der Waals surface area contributed by atoms with E-state index in [4.69, 9.17) is 27.2 Å². The van der Waals surface area contributed by atoms with E-state index in [0.29, 0.717) is 5.69 Å². The van der Waals surface area contributed by atoms with E-state index in [2.05, 4.69) is 15.3 Å². The third kappa shape index (κ3) is 2.83. The van der Waals surface area contributed by atoms with E-state index in [1.807, 2.05) is 0 Å². The smallest absolute Gasteiger partial charge is 0.179 e. The predicted octanol–water partition coefficient (Wildman–Crippen LogP) is 2.11. The summed E-state index contributed by atoms with van der Waals surface area (Å²) in [4.78, 5) is 7.77. The molecule has 0 bridgehead atoms. The highest BCUT2D eigenvalue weighted by Crippen LogP contribution is 2.23. The molecule has 0 unspecified atom stereocenters. The number of aliphatic hydroxyl groups excluding tert-OH is 1. The molecule has 98 valence electrons. The van der Waals surface area contributed by atoms with E-state index in [1.54, 1.807) is 36.4 Å². The minimum absolute atomic E-state index is 0.00628. The van der Waals surface area contributed by atoms with Crippen molar-refractivity contribution in [2.45, 2.75) is 6.61 Å². The Morgan fingerprint density at radius 2 is 1.70 bits per heavy atom. The molecule has 0 radical (unpaired) electrons. The number of aromatic nitrogens is 2. The van der Waals surface area contributed by atoms with E-state index in [9.17, 15) is 0 Å². The van der Waals surface area contributed by atoms with Crippen LogP contribution < -0.4 is 5.32 Å². The summed E-state index contributed by atoms with van der Waals surface area (Å²) in [5.74, 6) is 0.193. The molecule has 0 saturated carbocycles. The molecule has 2 rings (SSSR count). The molecule has 2 N–H and O–H groups in total. The molecule has 0 fully saturated rings. The molecule has 0 amide bonds. The maximum Gasteiger partial charge on any atom is 0.179 e. The van der Waals surface area contributed by atoms with Crippen LogP contribution in [-0.2, 0) is 6.61 Å². The van der Waals surface area contributed by atoms with Gasteiger partial charge in [-0.3, -0.25) is 0 Å². The highest BCUT2D eigenvalue weighted by Gasteiger charge is 2.12. The van der Waals surface area contributed by atoms with E-state index in [-0.39, 0.29) is 29.0 Å². The number of benzene rings is 1. The van der Waals surface area contributed by atoms with Crippen LogP contribution in [0, 0.1) is 22.7 Å². The lowest BCUT2D eigenvalue weighted by molar-refractivity contribution is 0.282. The molecule has 7 heteroatoms. The standard InChI is InChI=1S/C13H8ClN5O/c14-12-13(19-11(6-16)10(5-15)18-12)17-9-3-1-8(7-20)2-4-9/h1-4,20H,7H2,(H,17,19). The quantitative estimate of drug-likeness (QED) is 0.894. The van der Waals surface area contributed by atoms with Crippen LogP contribution in [0.3, 0.4) is 0 Å². The van der Waals surface area contributed by atoms with Crippen molar-refractivity contribution in [2.24, 2.45) is 0 Å². The number of hydrogen-bond acceptors (Lipinski definition) is 6. The van der Waals surface area contributed by atoms with Crippen molar-refractivity contribution < 1.29 is 5.11 Å². The normalized spacial score (nSPS) is 9.60. The Morgan fingerprint density at radius 1 is 1.10 bits per heavy atom. The van der Waals surface area contributed by atoms with Crippen LogP contribution in [0.1, 0.15) is 17.0 Å². The van der Waals surface area contributed by atoms with E-state index < -0.39 is 0 Å². The molecule has 0 aliphatic heterocycles. The molecule has 1 aromatic heterocycles. The first-order valence-electron chi connectivity index (χ1n) is 5.52. The molecule has 2 aromatic rings. The van der Waals surface area contributed by atoms with Gasteiger partial charge in [0, 0.05) is 5.69 Å². The first kappa shape index (κ1) is 13.8. The third-order valence-corrected chi connectivity index (χ3v) is 2.73. The number of nitriles is 2. The van der Waals surface area contributed by atoms with Gasteiger partial charge in [-0.1, -0.05) is 23.7 Å². The van der Waals surface area contributed by atoms with Gasteiger partial charge in [0.05, 0.1) is 6.61 Å². The zero-order valence-electron chi connectivity index (χ0n) is 10.1. The van der Waals surface area contributed by atoms with Crippen LogP contribution >= 0.6 is 11.6 Å². The van der Waals surface area contributed by atoms with E-state index >= 15 is 0 Å². The SMILES string of the molecule is N#Cc1nc(Cl)c(Nc2ccc(CO)cc2)nc1C#N. The molecule has 20 heavy (non-hydrogen) atoms. The lowest BCUT2D eigenvalue weighted by Gasteiger charge is -2.08. The second kappa shape index (κ2) is 5.98. The Kier molecular flexibility index (Phi) is 4.11. The summed E-state index contributed by atoms with van der Waals surface area (Å²) in [5.41, 5.74) is 1.24. The highest BCUT2D eigenvalue weighted by molar-refractivity contribution is 6.31. The first-order valence-corrected chi connectivity index (χ1v) is 5.90. The van der Waals surface area contributed by atoms with Gasteiger partial charge in [0.25, 0.3) is 0 Å². The number of anilines is 2. The summed E-state index contributed by atoms with van der Waals surface area (Å²) in [6.07, 6.45) is 0. The van der Waals surface area contributed by atoms with Crippen LogP contribution in [0.2, 0.25) is 5.15 Å². The van der Waals surface area contributed by atoms with Crippen molar-refractivity contribution in [2.75, 3.05) is 5.32 Å². The molecular weight excluding hydrogens is 278 g/mol. The van der Waals surface area contributed by atoms with Crippen LogP contribution in [0.15, 0.2) is 24.3 Å². The van der Waals surface area contributed by atoms with Gasteiger partial charge >= 0.3 is 0 Å². The van der Waals surface area contributed by atoms with Crippen molar-refractivity contribution >= 4 is 23.1 Å². The zero-order valence-corrected chi connectivity index (χ0v) is 10.9. The Morgan fingerprint density at radius 3 is 2.25 bits per heavy atom. The Bertz CT molecular complexity index is 715. The molecule has 0 aliphatic rings. The maximum absolute atomic E-state index is 8.96. The fraction of sp³-hybridized carbons (Fsp3) is 0.0769. The topological polar surface area (TPSA) is 106 Å². The van der Waals surface area contributed by atoms with Crippen molar-refractivity contribution in [1.29, 1.82) is 10.5 Å². The summed E-state index contributed by atoms with van der Waals surface area (Å²) in [6.45, 7) is -0.0453. The van der Waals surface area contributed by atoms with Crippen molar-refractivity contribution in [3.05, 3.63) is 46.4 Å². The highest BCUT2D eigenvalue weighted by atomic mass is 35.5. The predicted molar refractivity (Wildman–Crippen MR) is 72.1 cm³/mol. The van der Waals surface area contributed by atoms with Crippen molar-refractivity contribution in [3.63, 3.8) is 0 Å². The van der Waals surface area contributed by atoms with Crippen LogP contribution in [0.4, 0.5) is 11.5 Å². The van der Waals surface area contributed by atoms with Gasteiger partial charge in [-0.25, -0.2) is 9.97 Å². The summed E-state index contributed by atoms with van der Waals surface area (Å²) < 4.78 is 0. The van der Waals surface area contributed by atoms with Crippen LogP contribution in [0.25, 0.3) is 0 Å². The summed E-state index contributed by atoms with van der Waals surface area (Å²) >= 11 is 5.91. The van der Waals surface area contributed by atoms with Crippen molar-refractivity contribution in [1.82, 2.24) is 9.97 Å². The molecule has 0 aliphatic carbocycles. The average molecular weight is 286 g/mol. The van der Waals surface area contributed by atoms with Crippen LogP contribution in [-0.4, -0.2) is 15.1 Å². The fourth-order valence-electron chi connectivity index (χ4n) is 1.48. The minimum atomic E-state index is -0.112. The molecular formula is C13H8ClN5O. The molecule has 0 saturated heterocycles. The fourth-order valence-corrected chi connectivity index (χ4v) is 1.65. The average Bonchev–Trinajstić information content (AvgIpc) is 2.49. The second-order valence-corrected chi connectivity index (χ2v) is 4.12. The van der Waals surface area contributed by atoms with Gasteiger partial charge in [0.15, 0.2) is 22.4 Å². The summed E-state index contributed by atoms with van der Waals surface area (Å²) in [7, 11) is 0. The van der Waals surface area contributed by atoms with Gasteiger partial charge in [0.2, 0.25) is 0 Å². The number of rotatable bonds is 3. The molecule has 1 heterocycles. The van der Waals surface area contributed by atoms with Gasteiger partial charge in [-0.05, 0) is 17.7 Å². The van der Waals surface area contributed by atoms with Gasteiger partial charge < -0.3 is 10.4 Å². The number of halogens is 1. The number of hydrogen-bond donors (Lipinski definition) is 2.